The van der Waals surface area contributed by atoms with Crippen molar-refractivity contribution in [1.82, 2.24) is 10.3 Å². The molecular weight excluding hydrogens is 362 g/mol. The van der Waals surface area contributed by atoms with Crippen molar-refractivity contribution in [3.05, 3.63) is 94.8 Å². The molecular formula is C21H18ClN3O2. The molecule has 0 aliphatic rings. The van der Waals surface area contributed by atoms with Gasteiger partial charge in [-0.25, -0.2) is 0 Å². The zero-order chi connectivity index (χ0) is 19.2. The lowest BCUT2D eigenvalue weighted by atomic mass is 10.1. The summed E-state index contributed by atoms with van der Waals surface area (Å²) < 4.78 is 0. The lowest BCUT2D eigenvalue weighted by molar-refractivity contribution is 0.0939. The Bertz CT molecular complexity index is 943. The monoisotopic (exact) mass is 379 g/mol. The lowest BCUT2D eigenvalue weighted by Crippen LogP contribution is -2.27. The molecule has 0 saturated heterocycles. The van der Waals surface area contributed by atoms with Gasteiger partial charge < -0.3 is 10.6 Å². The van der Waals surface area contributed by atoms with Gasteiger partial charge >= 0.3 is 0 Å². The molecule has 2 aromatic carbocycles. The quantitative estimate of drug-likeness (QED) is 0.686. The van der Waals surface area contributed by atoms with E-state index < -0.39 is 5.91 Å². The molecule has 27 heavy (non-hydrogen) atoms. The third-order valence-corrected chi connectivity index (χ3v) is 4.26. The normalized spacial score (nSPS) is 11.5. The number of hydrogen-bond donors (Lipinski definition) is 2. The van der Waals surface area contributed by atoms with Gasteiger partial charge in [0.1, 0.15) is 5.69 Å². The largest absolute Gasteiger partial charge is 0.346 e. The van der Waals surface area contributed by atoms with Gasteiger partial charge in [0.25, 0.3) is 11.8 Å². The zero-order valence-electron chi connectivity index (χ0n) is 14.6. The van der Waals surface area contributed by atoms with Crippen LogP contribution in [0.15, 0.2) is 72.9 Å². The molecule has 0 bridgehead atoms. The number of aromatic nitrogens is 1. The number of halogens is 1. The first kappa shape index (κ1) is 18.6. The third kappa shape index (κ3) is 4.92. The fraction of sp³-hybridized carbons (Fsp3) is 0.0952. The van der Waals surface area contributed by atoms with Crippen molar-refractivity contribution in [2.24, 2.45) is 0 Å². The van der Waals surface area contributed by atoms with Crippen LogP contribution < -0.4 is 10.6 Å². The Hall–Kier alpha value is -3.18. The first-order chi connectivity index (χ1) is 13.0. The van der Waals surface area contributed by atoms with Crippen LogP contribution in [-0.2, 0) is 0 Å². The Kier molecular flexibility index (Phi) is 5.84. The fourth-order valence-electron chi connectivity index (χ4n) is 2.53. The molecule has 0 radical (unpaired) electrons. The van der Waals surface area contributed by atoms with Crippen LogP contribution in [0.1, 0.15) is 39.4 Å². The molecule has 1 aromatic heterocycles. The van der Waals surface area contributed by atoms with Crippen LogP contribution in [0.3, 0.4) is 0 Å². The van der Waals surface area contributed by atoms with Crippen LogP contribution in [0.25, 0.3) is 0 Å². The van der Waals surface area contributed by atoms with Crippen LogP contribution in [0, 0.1) is 0 Å². The second kappa shape index (κ2) is 8.47. The topological polar surface area (TPSA) is 71.1 Å². The smallest absolute Gasteiger partial charge is 0.274 e. The molecule has 3 rings (SSSR count). The maximum Gasteiger partial charge on any atom is 0.274 e. The molecule has 0 spiro atoms. The van der Waals surface area contributed by atoms with Crippen LogP contribution in [-0.4, -0.2) is 16.8 Å². The van der Waals surface area contributed by atoms with E-state index in [1.54, 1.807) is 30.3 Å². The van der Waals surface area contributed by atoms with Crippen molar-refractivity contribution in [3.8, 4) is 0 Å². The highest BCUT2D eigenvalue weighted by atomic mass is 35.5. The second-order valence-corrected chi connectivity index (χ2v) is 6.43. The molecule has 1 atom stereocenters. The van der Waals surface area contributed by atoms with E-state index in [4.69, 9.17) is 11.6 Å². The van der Waals surface area contributed by atoms with Crippen molar-refractivity contribution in [3.63, 3.8) is 0 Å². The summed E-state index contributed by atoms with van der Waals surface area (Å²) in [4.78, 5) is 28.9. The van der Waals surface area contributed by atoms with Gasteiger partial charge in [0.05, 0.1) is 6.04 Å². The minimum Gasteiger partial charge on any atom is -0.346 e. The summed E-state index contributed by atoms with van der Waals surface area (Å²) in [5, 5.41) is 6.23. The van der Waals surface area contributed by atoms with E-state index in [-0.39, 0.29) is 17.6 Å². The molecule has 0 aliphatic heterocycles. The molecule has 0 saturated carbocycles. The minimum absolute atomic E-state index is 0.154. The summed E-state index contributed by atoms with van der Waals surface area (Å²) in [6.45, 7) is 1.91. The van der Waals surface area contributed by atoms with Gasteiger partial charge in [0, 0.05) is 22.5 Å². The van der Waals surface area contributed by atoms with E-state index in [0.29, 0.717) is 16.3 Å². The van der Waals surface area contributed by atoms with Crippen molar-refractivity contribution in [2.75, 3.05) is 5.32 Å². The number of carbonyl (C=O) groups excluding carboxylic acids is 2. The molecule has 3 aromatic rings. The average molecular weight is 380 g/mol. The Morgan fingerprint density at radius 1 is 0.963 bits per heavy atom. The van der Waals surface area contributed by atoms with Crippen LogP contribution >= 0.6 is 11.6 Å². The van der Waals surface area contributed by atoms with Gasteiger partial charge in [-0.05, 0) is 48.9 Å². The van der Waals surface area contributed by atoms with E-state index in [2.05, 4.69) is 15.6 Å². The van der Waals surface area contributed by atoms with Crippen molar-refractivity contribution >= 4 is 29.1 Å². The first-order valence-corrected chi connectivity index (χ1v) is 8.79. The number of carbonyl (C=O) groups is 2. The number of nitrogens with one attached hydrogen (secondary N) is 2. The molecule has 2 N–H and O–H groups in total. The predicted molar refractivity (Wildman–Crippen MR) is 106 cm³/mol. The van der Waals surface area contributed by atoms with Crippen LogP contribution in [0.4, 0.5) is 5.69 Å². The van der Waals surface area contributed by atoms with Gasteiger partial charge in [-0.2, -0.15) is 0 Å². The zero-order valence-corrected chi connectivity index (χ0v) is 15.4. The maximum atomic E-state index is 12.5. The minimum atomic E-state index is -0.400. The number of anilines is 1. The highest BCUT2D eigenvalue weighted by Gasteiger charge is 2.14. The van der Waals surface area contributed by atoms with Crippen LogP contribution in [0.2, 0.25) is 5.02 Å². The van der Waals surface area contributed by atoms with E-state index in [0.717, 1.165) is 5.56 Å². The second-order valence-electron chi connectivity index (χ2n) is 6.00. The molecule has 0 fully saturated rings. The lowest BCUT2D eigenvalue weighted by Gasteiger charge is -2.14. The highest BCUT2D eigenvalue weighted by molar-refractivity contribution is 6.30. The molecule has 1 unspecified atom stereocenters. The molecule has 2 amide bonds. The van der Waals surface area contributed by atoms with Crippen LogP contribution in [0.5, 0.6) is 0 Å². The Morgan fingerprint density at radius 3 is 2.37 bits per heavy atom. The van der Waals surface area contributed by atoms with Gasteiger partial charge in [-0.1, -0.05) is 41.9 Å². The van der Waals surface area contributed by atoms with Crippen molar-refractivity contribution in [1.29, 1.82) is 0 Å². The van der Waals surface area contributed by atoms with Gasteiger partial charge in [-0.3, -0.25) is 14.6 Å². The standard InChI is InChI=1S/C21H18ClN3O2/c1-14(15-5-3-2-4-6-15)24-20(26)16-11-12-23-19(13-16)21(27)25-18-9-7-17(22)8-10-18/h2-14H,1H3,(H,24,26)(H,25,27). The Labute approximate surface area is 162 Å². The predicted octanol–water partition coefficient (Wildman–Crippen LogP) is 4.48. The van der Waals surface area contributed by atoms with Crippen molar-refractivity contribution in [2.45, 2.75) is 13.0 Å². The number of benzene rings is 2. The fourth-order valence-corrected chi connectivity index (χ4v) is 2.66. The average Bonchev–Trinajstić information content (AvgIpc) is 2.70. The first-order valence-electron chi connectivity index (χ1n) is 8.42. The summed E-state index contributed by atoms with van der Waals surface area (Å²) in [6, 6.07) is 19.3. The molecule has 1 heterocycles. The summed E-state index contributed by atoms with van der Waals surface area (Å²) in [7, 11) is 0. The molecule has 5 nitrogen and oxygen atoms in total. The SMILES string of the molecule is CC(NC(=O)c1ccnc(C(=O)Nc2ccc(Cl)cc2)c1)c1ccccc1. The maximum absolute atomic E-state index is 12.5. The van der Waals surface area contributed by atoms with E-state index in [1.165, 1.54) is 12.3 Å². The third-order valence-electron chi connectivity index (χ3n) is 4.00. The summed E-state index contributed by atoms with van der Waals surface area (Å²) in [6.07, 6.45) is 1.44. The number of nitrogens with zero attached hydrogens (tertiary/aromatic N) is 1. The summed E-state index contributed by atoms with van der Waals surface area (Å²) in [5.41, 5.74) is 2.12. The van der Waals surface area contributed by atoms with Gasteiger partial charge in [-0.15, -0.1) is 0 Å². The molecule has 136 valence electrons. The van der Waals surface area contributed by atoms with Gasteiger partial charge in [0.2, 0.25) is 0 Å². The summed E-state index contributed by atoms with van der Waals surface area (Å²) in [5.74, 6) is -0.669. The number of pyridine rings is 1. The molecule has 0 aliphatic carbocycles. The summed E-state index contributed by atoms with van der Waals surface area (Å²) >= 11 is 5.84. The Morgan fingerprint density at radius 2 is 1.67 bits per heavy atom. The van der Waals surface area contributed by atoms with E-state index >= 15 is 0 Å². The van der Waals surface area contributed by atoms with Gasteiger partial charge in [0.15, 0.2) is 0 Å². The van der Waals surface area contributed by atoms with E-state index in [1.807, 2.05) is 37.3 Å². The number of hydrogen-bond acceptors (Lipinski definition) is 3. The number of rotatable bonds is 5. The van der Waals surface area contributed by atoms with Crippen molar-refractivity contribution < 1.29 is 9.59 Å². The Balaban J connectivity index is 1.69. The molecule has 6 heteroatoms. The highest BCUT2D eigenvalue weighted by Crippen LogP contribution is 2.15. The number of amides is 2. The van der Waals surface area contributed by atoms with E-state index in [9.17, 15) is 9.59 Å².